The van der Waals surface area contributed by atoms with Crippen LogP contribution in [0.15, 0.2) is 70.7 Å². The van der Waals surface area contributed by atoms with Gasteiger partial charge in [0.15, 0.2) is 0 Å². The molecular weight excluding hydrogens is 394 g/mol. The Morgan fingerprint density at radius 3 is 2.60 bits per heavy atom. The fraction of sp³-hybridized carbons (Fsp3) is 0.292. The first-order valence-corrected chi connectivity index (χ1v) is 11.1. The summed E-state index contributed by atoms with van der Waals surface area (Å²) in [4.78, 5) is 13.2. The number of hydrogen-bond acceptors (Lipinski definition) is 4. The van der Waals surface area contributed by atoms with Crippen LogP contribution in [0.3, 0.4) is 0 Å². The topological polar surface area (TPSA) is 80.3 Å². The first kappa shape index (κ1) is 20.6. The second-order valence-electron chi connectivity index (χ2n) is 7.83. The van der Waals surface area contributed by atoms with E-state index in [-0.39, 0.29) is 12.1 Å². The number of nitrogens with one attached hydrogen (secondary N) is 1. The van der Waals surface area contributed by atoms with E-state index < -0.39 is 5.91 Å². The van der Waals surface area contributed by atoms with E-state index in [0.29, 0.717) is 5.56 Å². The van der Waals surface area contributed by atoms with Gasteiger partial charge in [-0.1, -0.05) is 30.0 Å². The van der Waals surface area contributed by atoms with Gasteiger partial charge < -0.3 is 20.7 Å². The van der Waals surface area contributed by atoms with Gasteiger partial charge in [-0.15, -0.1) is 0 Å². The molecule has 4 rings (SSSR count). The van der Waals surface area contributed by atoms with Crippen LogP contribution in [0.1, 0.15) is 41.6 Å². The lowest BCUT2D eigenvalue weighted by Gasteiger charge is -2.28. The van der Waals surface area contributed by atoms with Crippen LogP contribution < -0.4 is 11.1 Å². The average molecular weight is 422 g/mol. The minimum atomic E-state index is -0.443. The lowest BCUT2D eigenvalue weighted by atomic mass is 9.92. The van der Waals surface area contributed by atoms with Gasteiger partial charge in [0, 0.05) is 28.5 Å². The zero-order chi connectivity index (χ0) is 21.1. The zero-order valence-corrected chi connectivity index (χ0v) is 17.9. The molecular formula is C24H27N3O2S. The van der Waals surface area contributed by atoms with Gasteiger partial charge in [0.2, 0.25) is 0 Å². The van der Waals surface area contributed by atoms with Crippen molar-refractivity contribution in [2.45, 2.75) is 54.7 Å². The third kappa shape index (κ3) is 4.55. The van der Waals surface area contributed by atoms with Crippen LogP contribution in [-0.2, 0) is 0 Å². The van der Waals surface area contributed by atoms with E-state index >= 15 is 0 Å². The van der Waals surface area contributed by atoms with Gasteiger partial charge in [-0.3, -0.25) is 4.79 Å². The standard InChI is InChI=1S/C24H27N3O2S/c1-16-5-2-3-6-22(16)30-23-7-4-14-27(23)18-10-13-20(24(25)29)21(15-18)26-17-8-11-19(28)12-9-17/h2-7,10,13-15,17,19,26,28H,8-9,11-12H2,1H3,(H2,25,29). The maximum atomic E-state index is 12.0. The molecule has 1 saturated carbocycles. The molecule has 30 heavy (non-hydrogen) atoms. The Labute approximate surface area is 181 Å². The molecule has 6 heteroatoms. The van der Waals surface area contributed by atoms with Crippen LogP contribution in [0.2, 0.25) is 0 Å². The lowest BCUT2D eigenvalue weighted by molar-refractivity contribution is 0.100. The number of nitrogens with two attached hydrogens (primary N) is 1. The van der Waals surface area contributed by atoms with Crippen LogP contribution in [0, 0.1) is 6.92 Å². The number of carbonyl (C=O) groups excluding carboxylic acids is 1. The highest BCUT2D eigenvalue weighted by atomic mass is 32.2. The van der Waals surface area contributed by atoms with E-state index in [1.807, 2.05) is 36.5 Å². The molecule has 5 nitrogen and oxygen atoms in total. The summed E-state index contributed by atoms with van der Waals surface area (Å²) in [6, 6.07) is 18.4. The highest BCUT2D eigenvalue weighted by Gasteiger charge is 2.21. The third-order valence-corrected chi connectivity index (χ3v) is 6.84. The summed E-state index contributed by atoms with van der Waals surface area (Å²) < 4.78 is 2.12. The average Bonchev–Trinajstić information content (AvgIpc) is 3.19. The third-order valence-electron chi connectivity index (χ3n) is 5.62. The van der Waals surface area contributed by atoms with E-state index in [1.54, 1.807) is 17.8 Å². The van der Waals surface area contributed by atoms with Crippen molar-refractivity contribution >= 4 is 23.4 Å². The minimum absolute atomic E-state index is 0.217. The summed E-state index contributed by atoms with van der Waals surface area (Å²) in [5.41, 5.74) is 9.08. The highest BCUT2D eigenvalue weighted by Crippen LogP contribution is 2.33. The van der Waals surface area contributed by atoms with Gasteiger partial charge in [-0.05, 0) is 74.6 Å². The quantitative estimate of drug-likeness (QED) is 0.536. The van der Waals surface area contributed by atoms with Crippen molar-refractivity contribution in [3.63, 3.8) is 0 Å². The van der Waals surface area contributed by atoms with Gasteiger partial charge in [0.1, 0.15) is 0 Å². The number of benzene rings is 2. The first-order valence-electron chi connectivity index (χ1n) is 10.3. The van der Waals surface area contributed by atoms with E-state index in [1.165, 1.54) is 10.5 Å². The van der Waals surface area contributed by atoms with Gasteiger partial charge in [-0.25, -0.2) is 0 Å². The number of aliphatic hydroxyl groups is 1. The molecule has 1 aliphatic carbocycles. The lowest BCUT2D eigenvalue weighted by Crippen LogP contribution is -2.29. The molecule has 1 fully saturated rings. The molecule has 1 amide bonds. The number of aliphatic hydroxyl groups excluding tert-OH is 1. The Hall–Kier alpha value is -2.70. The molecule has 1 aliphatic rings. The second kappa shape index (κ2) is 8.98. The maximum absolute atomic E-state index is 12.0. The van der Waals surface area contributed by atoms with E-state index in [9.17, 15) is 9.90 Å². The molecule has 0 radical (unpaired) electrons. The number of amides is 1. The van der Waals surface area contributed by atoms with Crippen molar-refractivity contribution < 1.29 is 9.90 Å². The normalized spacial score (nSPS) is 18.9. The molecule has 1 aromatic heterocycles. The molecule has 2 aromatic carbocycles. The largest absolute Gasteiger partial charge is 0.393 e. The first-order chi connectivity index (χ1) is 14.5. The Morgan fingerprint density at radius 1 is 1.10 bits per heavy atom. The molecule has 156 valence electrons. The van der Waals surface area contributed by atoms with Crippen LogP contribution in [0.4, 0.5) is 5.69 Å². The second-order valence-corrected chi connectivity index (χ2v) is 8.89. The number of aryl methyl sites for hydroxylation is 1. The molecule has 0 bridgehead atoms. The number of aromatic nitrogens is 1. The van der Waals surface area contributed by atoms with Crippen molar-refractivity contribution in [2.75, 3.05) is 5.32 Å². The molecule has 3 aromatic rings. The van der Waals surface area contributed by atoms with Gasteiger partial charge in [-0.2, -0.15) is 0 Å². The van der Waals surface area contributed by atoms with Crippen molar-refractivity contribution in [1.82, 2.24) is 4.57 Å². The summed E-state index contributed by atoms with van der Waals surface area (Å²) >= 11 is 1.72. The van der Waals surface area contributed by atoms with Crippen molar-refractivity contribution in [2.24, 2.45) is 5.73 Å². The predicted octanol–water partition coefficient (Wildman–Crippen LogP) is 4.75. The minimum Gasteiger partial charge on any atom is -0.393 e. The highest BCUT2D eigenvalue weighted by molar-refractivity contribution is 7.99. The summed E-state index contributed by atoms with van der Waals surface area (Å²) in [6.07, 6.45) is 5.12. The molecule has 0 aliphatic heterocycles. The Kier molecular flexibility index (Phi) is 6.16. The summed E-state index contributed by atoms with van der Waals surface area (Å²) in [5, 5.41) is 14.4. The number of primary amides is 1. The Balaban J connectivity index is 1.63. The Bertz CT molecular complexity index is 1040. The fourth-order valence-electron chi connectivity index (χ4n) is 3.90. The summed E-state index contributed by atoms with van der Waals surface area (Å²) in [6.45, 7) is 2.11. The maximum Gasteiger partial charge on any atom is 0.250 e. The van der Waals surface area contributed by atoms with Crippen LogP contribution in [0.5, 0.6) is 0 Å². The van der Waals surface area contributed by atoms with Gasteiger partial charge >= 0.3 is 0 Å². The van der Waals surface area contributed by atoms with Crippen LogP contribution in [-0.4, -0.2) is 27.7 Å². The van der Waals surface area contributed by atoms with Crippen molar-refractivity contribution in [3.05, 3.63) is 71.9 Å². The monoisotopic (exact) mass is 421 g/mol. The van der Waals surface area contributed by atoms with Crippen molar-refractivity contribution in [1.29, 1.82) is 0 Å². The summed E-state index contributed by atoms with van der Waals surface area (Å²) in [5.74, 6) is -0.443. The van der Waals surface area contributed by atoms with Crippen LogP contribution in [0.25, 0.3) is 5.69 Å². The number of hydrogen-bond donors (Lipinski definition) is 3. The van der Waals surface area contributed by atoms with E-state index in [2.05, 4.69) is 35.0 Å². The number of nitrogens with zero attached hydrogens (tertiary/aromatic N) is 1. The SMILES string of the molecule is Cc1ccccc1Sc1cccn1-c1ccc(C(N)=O)c(NC2CCC(O)CC2)c1. The van der Waals surface area contributed by atoms with E-state index in [0.717, 1.165) is 42.1 Å². The molecule has 0 saturated heterocycles. The van der Waals surface area contributed by atoms with Crippen LogP contribution >= 0.6 is 11.8 Å². The number of anilines is 1. The molecule has 0 unspecified atom stereocenters. The number of carbonyl (C=O) groups is 1. The zero-order valence-electron chi connectivity index (χ0n) is 17.0. The summed E-state index contributed by atoms with van der Waals surface area (Å²) in [7, 11) is 0. The molecule has 1 heterocycles. The smallest absolute Gasteiger partial charge is 0.250 e. The predicted molar refractivity (Wildman–Crippen MR) is 121 cm³/mol. The van der Waals surface area contributed by atoms with Crippen molar-refractivity contribution in [3.8, 4) is 5.69 Å². The fourth-order valence-corrected chi connectivity index (χ4v) is 4.91. The van der Waals surface area contributed by atoms with Gasteiger partial charge in [0.25, 0.3) is 5.91 Å². The van der Waals surface area contributed by atoms with E-state index in [4.69, 9.17) is 5.73 Å². The molecule has 0 atom stereocenters. The van der Waals surface area contributed by atoms with Gasteiger partial charge in [0.05, 0.1) is 16.7 Å². The molecule has 4 N–H and O–H groups in total. The number of rotatable bonds is 6. The Morgan fingerprint density at radius 2 is 1.87 bits per heavy atom. The molecule has 0 spiro atoms.